The van der Waals surface area contributed by atoms with Gasteiger partial charge in [0.05, 0.1) is 12.7 Å². The Morgan fingerprint density at radius 2 is 2.14 bits per heavy atom. The SMILES string of the molecule is COC(=O)c1c(O)[nH]c(=S)c(C#N)c1-c1ccccc1Cl. The van der Waals surface area contributed by atoms with E-state index in [1.807, 2.05) is 6.07 Å². The average Bonchev–Trinajstić information content (AvgIpc) is 2.46. The molecule has 0 radical (unpaired) electrons. The molecule has 0 amide bonds. The number of pyridine rings is 1. The molecule has 1 aromatic carbocycles. The number of hydrogen-bond acceptors (Lipinski definition) is 5. The molecule has 5 nitrogen and oxygen atoms in total. The number of carbonyl (C=O) groups is 1. The van der Waals surface area contributed by atoms with Crippen molar-refractivity contribution in [1.29, 1.82) is 5.26 Å². The summed E-state index contributed by atoms with van der Waals surface area (Å²) in [5.74, 6) is -1.27. The summed E-state index contributed by atoms with van der Waals surface area (Å²) in [5, 5.41) is 19.6. The van der Waals surface area contributed by atoms with Crippen LogP contribution in [0.25, 0.3) is 11.1 Å². The summed E-state index contributed by atoms with van der Waals surface area (Å²) in [6.45, 7) is 0. The lowest BCUT2D eigenvalue weighted by molar-refractivity contribution is 0.0597. The van der Waals surface area contributed by atoms with Crippen molar-refractivity contribution in [2.24, 2.45) is 0 Å². The van der Waals surface area contributed by atoms with Gasteiger partial charge in [-0.3, -0.25) is 0 Å². The van der Waals surface area contributed by atoms with Crippen LogP contribution in [0.15, 0.2) is 24.3 Å². The molecule has 0 fully saturated rings. The van der Waals surface area contributed by atoms with Crippen molar-refractivity contribution < 1.29 is 14.6 Å². The number of nitrogens with zero attached hydrogens (tertiary/aromatic N) is 1. The van der Waals surface area contributed by atoms with E-state index in [9.17, 15) is 15.2 Å². The zero-order chi connectivity index (χ0) is 15.6. The molecule has 1 aromatic heterocycles. The van der Waals surface area contributed by atoms with Gasteiger partial charge < -0.3 is 14.8 Å². The molecule has 1 heterocycles. The Kier molecular flexibility index (Phi) is 4.26. The van der Waals surface area contributed by atoms with E-state index in [1.54, 1.807) is 24.3 Å². The number of aromatic nitrogens is 1. The van der Waals surface area contributed by atoms with Gasteiger partial charge in [0.1, 0.15) is 16.3 Å². The molecule has 0 saturated carbocycles. The number of hydrogen-bond donors (Lipinski definition) is 2. The summed E-state index contributed by atoms with van der Waals surface area (Å²) in [4.78, 5) is 14.3. The Bertz CT molecular complexity index is 824. The summed E-state index contributed by atoms with van der Waals surface area (Å²) < 4.78 is 4.66. The molecule has 0 bridgehead atoms. The van der Waals surface area contributed by atoms with Crippen LogP contribution in [0.2, 0.25) is 5.02 Å². The number of nitriles is 1. The van der Waals surface area contributed by atoms with Crippen LogP contribution in [0.1, 0.15) is 15.9 Å². The van der Waals surface area contributed by atoms with E-state index in [1.165, 1.54) is 7.11 Å². The number of esters is 1. The number of rotatable bonds is 2. The first-order valence-corrected chi connectivity index (χ1v) is 6.52. The fourth-order valence-corrected chi connectivity index (χ4v) is 2.40. The van der Waals surface area contributed by atoms with Crippen LogP contribution in [0.5, 0.6) is 5.88 Å². The molecule has 0 aliphatic carbocycles. The largest absolute Gasteiger partial charge is 0.494 e. The summed E-state index contributed by atoms with van der Waals surface area (Å²) >= 11 is 11.1. The predicted octanol–water partition coefficient (Wildman–Crippen LogP) is 3.43. The molecule has 0 saturated heterocycles. The number of H-pyrrole nitrogens is 1. The molecular weight excluding hydrogens is 312 g/mol. The predicted molar refractivity (Wildman–Crippen MR) is 79.8 cm³/mol. The Morgan fingerprint density at radius 1 is 1.48 bits per heavy atom. The van der Waals surface area contributed by atoms with E-state index >= 15 is 0 Å². The van der Waals surface area contributed by atoms with Crippen molar-refractivity contribution >= 4 is 29.8 Å². The van der Waals surface area contributed by atoms with E-state index in [0.717, 1.165) is 0 Å². The summed E-state index contributed by atoms with van der Waals surface area (Å²) in [6.07, 6.45) is 0. The van der Waals surface area contributed by atoms with Crippen molar-refractivity contribution in [1.82, 2.24) is 4.98 Å². The van der Waals surface area contributed by atoms with Crippen molar-refractivity contribution in [2.45, 2.75) is 0 Å². The van der Waals surface area contributed by atoms with Gasteiger partial charge in [0.15, 0.2) is 0 Å². The number of aromatic hydroxyl groups is 1. The molecule has 0 atom stereocenters. The van der Waals surface area contributed by atoms with E-state index in [0.29, 0.717) is 10.6 Å². The smallest absolute Gasteiger partial charge is 0.343 e. The third kappa shape index (κ3) is 2.61. The monoisotopic (exact) mass is 320 g/mol. The van der Waals surface area contributed by atoms with Gasteiger partial charge in [-0.1, -0.05) is 42.0 Å². The summed E-state index contributed by atoms with van der Waals surface area (Å²) in [7, 11) is 1.17. The Hall–Kier alpha value is -2.36. The molecule has 106 valence electrons. The van der Waals surface area contributed by atoms with Gasteiger partial charge in [-0.25, -0.2) is 4.79 Å². The zero-order valence-corrected chi connectivity index (χ0v) is 12.4. The number of aromatic amines is 1. The van der Waals surface area contributed by atoms with Crippen molar-refractivity contribution in [3.63, 3.8) is 0 Å². The molecule has 7 heteroatoms. The molecule has 0 aliphatic heterocycles. The lowest BCUT2D eigenvalue weighted by Gasteiger charge is -2.13. The minimum absolute atomic E-state index is 0.0116. The Balaban J connectivity index is 2.98. The first-order chi connectivity index (χ1) is 10.0. The third-order valence-electron chi connectivity index (χ3n) is 2.84. The van der Waals surface area contributed by atoms with Crippen molar-refractivity contribution in [3.05, 3.63) is 45.1 Å². The number of methoxy groups -OCH3 is 1. The van der Waals surface area contributed by atoms with Crippen molar-refractivity contribution in [3.8, 4) is 23.1 Å². The highest BCUT2D eigenvalue weighted by Crippen LogP contribution is 2.36. The first-order valence-electron chi connectivity index (χ1n) is 5.73. The van der Waals surface area contributed by atoms with Gasteiger partial charge in [0, 0.05) is 16.1 Å². The lowest BCUT2D eigenvalue weighted by atomic mass is 9.96. The Morgan fingerprint density at radius 3 is 2.71 bits per heavy atom. The maximum atomic E-state index is 11.9. The first kappa shape index (κ1) is 15.0. The van der Waals surface area contributed by atoms with Gasteiger partial charge in [0.2, 0.25) is 5.88 Å². The topological polar surface area (TPSA) is 86.1 Å². The highest BCUT2D eigenvalue weighted by atomic mass is 35.5. The van der Waals surface area contributed by atoms with Gasteiger partial charge in [-0.05, 0) is 6.07 Å². The zero-order valence-electron chi connectivity index (χ0n) is 10.8. The van der Waals surface area contributed by atoms with Gasteiger partial charge in [-0.2, -0.15) is 5.26 Å². The summed E-state index contributed by atoms with van der Waals surface area (Å²) in [5.41, 5.74) is 0.412. The molecular formula is C14H9ClN2O3S. The average molecular weight is 321 g/mol. The second-order valence-electron chi connectivity index (χ2n) is 4.01. The van der Waals surface area contributed by atoms with E-state index in [4.69, 9.17) is 23.8 Å². The van der Waals surface area contributed by atoms with Crippen LogP contribution in [-0.2, 0) is 4.74 Å². The van der Waals surface area contributed by atoms with Gasteiger partial charge in [-0.15, -0.1) is 0 Å². The molecule has 0 spiro atoms. The standard InChI is InChI=1S/C14H9ClN2O3S/c1-20-14(19)11-10(7-4-2-3-5-9(7)15)8(6-16)13(21)17-12(11)18/h2-5H,1H3,(H2,17,18,21). The third-order valence-corrected chi connectivity index (χ3v) is 3.48. The Labute approximate surface area is 130 Å². The van der Waals surface area contributed by atoms with E-state index in [-0.39, 0.29) is 21.3 Å². The van der Waals surface area contributed by atoms with Crippen LogP contribution < -0.4 is 0 Å². The molecule has 0 unspecified atom stereocenters. The van der Waals surface area contributed by atoms with Crippen LogP contribution in [0, 0.1) is 16.0 Å². The van der Waals surface area contributed by atoms with E-state index in [2.05, 4.69) is 9.72 Å². The minimum atomic E-state index is -0.801. The lowest BCUT2D eigenvalue weighted by Crippen LogP contribution is -2.08. The van der Waals surface area contributed by atoms with E-state index < -0.39 is 11.8 Å². The molecule has 2 N–H and O–H groups in total. The summed E-state index contributed by atoms with van der Waals surface area (Å²) in [6, 6.07) is 8.56. The number of benzene rings is 1. The maximum Gasteiger partial charge on any atom is 0.343 e. The van der Waals surface area contributed by atoms with Gasteiger partial charge >= 0.3 is 5.97 Å². The number of carbonyl (C=O) groups excluding carboxylic acids is 1. The number of nitrogens with one attached hydrogen (secondary N) is 1. The maximum absolute atomic E-state index is 11.9. The van der Waals surface area contributed by atoms with Crippen LogP contribution in [0.3, 0.4) is 0 Å². The number of halogens is 1. The fraction of sp³-hybridized carbons (Fsp3) is 0.0714. The quantitative estimate of drug-likeness (QED) is 0.654. The number of ether oxygens (including phenoxy) is 1. The second kappa shape index (κ2) is 5.95. The molecule has 2 rings (SSSR count). The molecule has 0 aliphatic rings. The van der Waals surface area contributed by atoms with Crippen molar-refractivity contribution in [2.75, 3.05) is 7.11 Å². The highest BCUT2D eigenvalue weighted by molar-refractivity contribution is 7.71. The minimum Gasteiger partial charge on any atom is -0.494 e. The van der Waals surface area contributed by atoms with Crippen LogP contribution in [0.4, 0.5) is 0 Å². The second-order valence-corrected chi connectivity index (χ2v) is 4.83. The molecule has 21 heavy (non-hydrogen) atoms. The highest BCUT2D eigenvalue weighted by Gasteiger charge is 2.24. The van der Waals surface area contributed by atoms with Gasteiger partial charge in [0.25, 0.3) is 0 Å². The fourth-order valence-electron chi connectivity index (χ4n) is 1.93. The normalized spacial score (nSPS) is 9.95. The van der Waals surface area contributed by atoms with Crippen LogP contribution >= 0.6 is 23.8 Å². The van der Waals surface area contributed by atoms with Crippen LogP contribution in [-0.4, -0.2) is 23.2 Å². The molecule has 2 aromatic rings.